The van der Waals surface area contributed by atoms with Gasteiger partial charge in [-0.1, -0.05) is 37.3 Å². The fourth-order valence-corrected chi connectivity index (χ4v) is 2.03. The molecule has 2 rings (SSSR count). The Morgan fingerprint density at radius 1 is 1.36 bits per heavy atom. The first-order valence-corrected chi connectivity index (χ1v) is 5.40. The van der Waals surface area contributed by atoms with E-state index in [1.807, 2.05) is 25.1 Å². The summed E-state index contributed by atoms with van der Waals surface area (Å²) in [6.45, 7) is 1.96. The number of rotatable bonds is 4. The standard InChI is InChI=1S/C13H16O/c1-2-12(14)13(11-8-9-11)10-6-4-3-5-7-10/h3-7,11,13H,2,8-9H2,1H3. The van der Waals surface area contributed by atoms with Crippen LogP contribution in [0.3, 0.4) is 0 Å². The lowest BCUT2D eigenvalue weighted by Crippen LogP contribution is -2.13. The van der Waals surface area contributed by atoms with E-state index in [0.29, 0.717) is 18.1 Å². The zero-order valence-corrected chi connectivity index (χ0v) is 8.57. The topological polar surface area (TPSA) is 17.1 Å². The van der Waals surface area contributed by atoms with E-state index < -0.39 is 0 Å². The van der Waals surface area contributed by atoms with Crippen LogP contribution in [-0.4, -0.2) is 5.78 Å². The van der Waals surface area contributed by atoms with Crippen LogP contribution in [0.4, 0.5) is 0 Å². The third-order valence-corrected chi connectivity index (χ3v) is 2.95. The Bertz CT molecular complexity index is 311. The molecule has 1 atom stereocenters. The van der Waals surface area contributed by atoms with Crippen molar-refractivity contribution in [3.63, 3.8) is 0 Å². The molecule has 1 heteroatoms. The first-order chi connectivity index (χ1) is 6.83. The Morgan fingerprint density at radius 2 is 2.00 bits per heavy atom. The van der Waals surface area contributed by atoms with Crippen molar-refractivity contribution in [3.8, 4) is 0 Å². The van der Waals surface area contributed by atoms with Gasteiger partial charge in [0, 0.05) is 12.3 Å². The Labute approximate surface area is 85.1 Å². The van der Waals surface area contributed by atoms with Gasteiger partial charge in [0.2, 0.25) is 0 Å². The third kappa shape index (κ3) is 1.87. The van der Waals surface area contributed by atoms with E-state index in [1.165, 1.54) is 18.4 Å². The second kappa shape index (κ2) is 3.95. The van der Waals surface area contributed by atoms with Crippen molar-refractivity contribution >= 4 is 5.78 Å². The van der Waals surface area contributed by atoms with Gasteiger partial charge in [0.1, 0.15) is 5.78 Å². The molecule has 1 fully saturated rings. The average molecular weight is 188 g/mol. The number of Topliss-reactive ketones (excluding diaryl/α,β-unsaturated/α-hetero) is 1. The second-order valence-corrected chi connectivity index (χ2v) is 4.05. The molecule has 1 aromatic carbocycles. The molecule has 1 aliphatic carbocycles. The zero-order valence-electron chi connectivity index (χ0n) is 8.57. The first kappa shape index (κ1) is 9.45. The highest BCUT2D eigenvalue weighted by Gasteiger charge is 2.35. The minimum atomic E-state index is 0.182. The molecule has 0 radical (unpaired) electrons. The molecule has 1 unspecified atom stereocenters. The summed E-state index contributed by atoms with van der Waals surface area (Å²) in [5.41, 5.74) is 1.21. The summed E-state index contributed by atoms with van der Waals surface area (Å²) in [6.07, 6.45) is 3.12. The van der Waals surface area contributed by atoms with E-state index in [0.717, 1.165) is 0 Å². The van der Waals surface area contributed by atoms with Crippen LogP contribution in [0.15, 0.2) is 30.3 Å². The SMILES string of the molecule is CCC(=O)C(c1ccccc1)C1CC1. The summed E-state index contributed by atoms with van der Waals surface area (Å²) in [4.78, 5) is 11.8. The van der Waals surface area contributed by atoms with Crippen LogP contribution in [0.1, 0.15) is 37.7 Å². The monoisotopic (exact) mass is 188 g/mol. The van der Waals surface area contributed by atoms with Gasteiger partial charge >= 0.3 is 0 Å². The fraction of sp³-hybridized carbons (Fsp3) is 0.462. The lowest BCUT2D eigenvalue weighted by atomic mass is 9.89. The van der Waals surface area contributed by atoms with Crippen molar-refractivity contribution in [2.45, 2.75) is 32.1 Å². The van der Waals surface area contributed by atoms with Crippen LogP contribution in [0.25, 0.3) is 0 Å². The summed E-state index contributed by atoms with van der Waals surface area (Å²) < 4.78 is 0. The van der Waals surface area contributed by atoms with Gasteiger partial charge in [0.15, 0.2) is 0 Å². The lowest BCUT2D eigenvalue weighted by molar-refractivity contribution is -0.120. The van der Waals surface area contributed by atoms with Gasteiger partial charge in [-0.3, -0.25) is 4.79 Å². The molecule has 1 aromatic rings. The zero-order chi connectivity index (χ0) is 9.97. The largest absolute Gasteiger partial charge is 0.299 e. The maximum atomic E-state index is 11.8. The molecule has 74 valence electrons. The highest BCUT2D eigenvalue weighted by molar-refractivity contribution is 5.86. The van der Waals surface area contributed by atoms with E-state index in [2.05, 4.69) is 12.1 Å². The predicted molar refractivity (Wildman–Crippen MR) is 57.2 cm³/mol. The molecule has 0 saturated heterocycles. The normalized spacial score (nSPS) is 17.8. The quantitative estimate of drug-likeness (QED) is 0.709. The number of hydrogen-bond donors (Lipinski definition) is 0. The van der Waals surface area contributed by atoms with Crippen molar-refractivity contribution in [3.05, 3.63) is 35.9 Å². The molecule has 1 nitrogen and oxygen atoms in total. The molecule has 14 heavy (non-hydrogen) atoms. The van der Waals surface area contributed by atoms with E-state index in [9.17, 15) is 4.79 Å². The number of carbonyl (C=O) groups excluding carboxylic acids is 1. The maximum Gasteiger partial charge on any atom is 0.140 e. The second-order valence-electron chi connectivity index (χ2n) is 4.05. The summed E-state index contributed by atoms with van der Waals surface area (Å²) in [7, 11) is 0. The number of ketones is 1. The van der Waals surface area contributed by atoms with E-state index in [-0.39, 0.29) is 5.92 Å². The van der Waals surface area contributed by atoms with Crippen LogP contribution in [0.2, 0.25) is 0 Å². The fourth-order valence-electron chi connectivity index (χ4n) is 2.03. The van der Waals surface area contributed by atoms with Crippen molar-refractivity contribution in [1.29, 1.82) is 0 Å². The van der Waals surface area contributed by atoms with Crippen LogP contribution < -0.4 is 0 Å². The van der Waals surface area contributed by atoms with Gasteiger partial charge in [-0.2, -0.15) is 0 Å². The van der Waals surface area contributed by atoms with Gasteiger partial charge in [-0.15, -0.1) is 0 Å². The highest BCUT2D eigenvalue weighted by Crippen LogP contribution is 2.43. The van der Waals surface area contributed by atoms with Crippen LogP contribution in [0.5, 0.6) is 0 Å². The smallest absolute Gasteiger partial charge is 0.140 e. The molecule has 0 N–H and O–H groups in total. The van der Waals surface area contributed by atoms with Gasteiger partial charge in [-0.05, 0) is 24.3 Å². The van der Waals surface area contributed by atoms with Crippen molar-refractivity contribution in [2.24, 2.45) is 5.92 Å². The van der Waals surface area contributed by atoms with Crippen LogP contribution in [-0.2, 0) is 4.79 Å². The molecule has 0 aromatic heterocycles. The van der Waals surface area contributed by atoms with Crippen LogP contribution >= 0.6 is 0 Å². The Hall–Kier alpha value is -1.11. The summed E-state index contributed by atoms with van der Waals surface area (Å²) in [5, 5.41) is 0. The number of carbonyl (C=O) groups is 1. The van der Waals surface area contributed by atoms with E-state index >= 15 is 0 Å². The van der Waals surface area contributed by atoms with E-state index in [1.54, 1.807) is 0 Å². The number of benzene rings is 1. The molecule has 0 bridgehead atoms. The molecule has 0 aliphatic heterocycles. The van der Waals surface area contributed by atoms with Gasteiger partial charge in [0.25, 0.3) is 0 Å². The Morgan fingerprint density at radius 3 is 2.50 bits per heavy atom. The first-order valence-electron chi connectivity index (χ1n) is 5.40. The molecule has 0 spiro atoms. The average Bonchev–Trinajstić information content (AvgIpc) is 3.04. The maximum absolute atomic E-state index is 11.8. The van der Waals surface area contributed by atoms with E-state index in [4.69, 9.17) is 0 Å². The van der Waals surface area contributed by atoms with Crippen LogP contribution in [0, 0.1) is 5.92 Å². The van der Waals surface area contributed by atoms with Crippen molar-refractivity contribution in [2.75, 3.05) is 0 Å². The number of hydrogen-bond acceptors (Lipinski definition) is 1. The van der Waals surface area contributed by atoms with Gasteiger partial charge < -0.3 is 0 Å². The lowest BCUT2D eigenvalue weighted by Gasteiger charge is -2.14. The Kier molecular flexibility index (Phi) is 2.67. The Balaban J connectivity index is 2.22. The predicted octanol–water partition coefficient (Wildman–Crippen LogP) is 3.16. The molecule has 1 saturated carbocycles. The highest BCUT2D eigenvalue weighted by atomic mass is 16.1. The minimum absolute atomic E-state index is 0.182. The third-order valence-electron chi connectivity index (χ3n) is 2.95. The summed E-state index contributed by atoms with van der Waals surface area (Å²) in [6, 6.07) is 10.2. The molecule has 1 aliphatic rings. The van der Waals surface area contributed by atoms with Gasteiger partial charge in [-0.25, -0.2) is 0 Å². The molecule has 0 heterocycles. The molecular formula is C13H16O. The van der Waals surface area contributed by atoms with Crippen molar-refractivity contribution in [1.82, 2.24) is 0 Å². The molecule has 0 amide bonds. The van der Waals surface area contributed by atoms with Crippen molar-refractivity contribution < 1.29 is 4.79 Å². The minimum Gasteiger partial charge on any atom is -0.299 e. The van der Waals surface area contributed by atoms with Gasteiger partial charge in [0.05, 0.1) is 0 Å². The molecular weight excluding hydrogens is 172 g/mol. The summed E-state index contributed by atoms with van der Waals surface area (Å²) >= 11 is 0. The summed E-state index contributed by atoms with van der Waals surface area (Å²) in [5.74, 6) is 1.21.